The van der Waals surface area contributed by atoms with Crippen LogP contribution in [-0.2, 0) is 12.7 Å². The highest BCUT2D eigenvalue weighted by atomic mass is 19.4. The molecule has 2 nitrogen and oxygen atoms in total. The summed E-state index contributed by atoms with van der Waals surface area (Å²) in [5, 5.41) is 3.87. The van der Waals surface area contributed by atoms with Crippen molar-refractivity contribution >= 4 is 16.6 Å². The number of aromatic nitrogens is 1. The molecule has 0 radical (unpaired) electrons. The van der Waals surface area contributed by atoms with Crippen LogP contribution in [0.4, 0.5) is 18.9 Å². The summed E-state index contributed by atoms with van der Waals surface area (Å²) in [5.74, 6) is 0. The van der Waals surface area contributed by atoms with E-state index in [4.69, 9.17) is 0 Å². The predicted octanol–water partition coefficient (Wildman–Crippen LogP) is 6.84. The topological polar surface area (TPSA) is 24.9 Å². The fourth-order valence-corrected chi connectivity index (χ4v) is 3.48. The van der Waals surface area contributed by atoms with Gasteiger partial charge in [-0.2, -0.15) is 13.2 Å². The molecule has 0 aliphatic rings. The maximum absolute atomic E-state index is 13.4. The minimum absolute atomic E-state index is 0.0318. The van der Waals surface area contributed by atoms with Crippen LogP contribution in [0, 0.1) is 6.92 Å². The van der Waals surface area contributed by atoms with Gasteiger partial charge < -0.3 is 5.32 Å². The number of nitrogens with zero attached hydrogens (tertiary/aromatic N) is 1. The standard InChI is InChI=1S/C24H19F3N2/c1-16-5-2-6-17(13-16)15-29-19-8-3-7-18(14-19)20-11-12-28-23-21(20)9-4-10-22(23)24(25,26)27/h2-14,29H,15H2,1H3. The quantitative estimate of drug-likeness (QED) is 0.411. The van der Waals surface area contributed by atoms with E-state index in [-0.39, 0.29) is 5.52 Å². The number of para-hydroxylation sites is 1. The molecule has 1 heterocycles. The monoisotopic (exact) mass is 392 g/mol. The Kier molecular flexibility index (Phi) is 4.97. The van der Waals surface area contributed by atoms with Crippen LogP contribution in [0.2, 0.25) is 0 Å². The summed E-state index contributed by atoms with van der Waals surface area (Å²) < 4.78 is 40.1. The lowest BCUT2D eigenvalue weighted by atomic mass is 9.98. The number of benzene rings is 3. The van der Waals surface area contributed by atoms with Crippen LogP contribution in [-0.4, -0.2) is 4.98 Å². The van der Waals surface area contributed by atoms with Gasteiger partial charge in [-0.05, 0) is 47.9 Å². The number of anilines is 1. The van der Waals surface area contributed by atoms with E-state index >= 15 is 0 Å². The van der Waals surface area contributed by atoms with Gasteiger partial charge in [0.05, 0.1) is 11.1 Å². The molecule has 0 amide bonds. The van der Waals surface area contributed by atoms with Gasteiger partial charge in [-0.25, -0.2) is 0 Å². The third-order valence-electron chi connectivity index (χ3n) is 4.83. The van der Waals surface area contributed by atoms with Crippen LogP contribution in [0.15, 0.2) is 79.0 Å². The zero-order chi connectivity index (χ0) is 20.4. The summed E-state index contributed by atoms with van der Waals surface area (Å²) in [4.78, 5) is 4.00. The lowest BCUT2D eigenvalue weighted by Gasteiger charge is -2.13. The fourth-order valence-electron chi connectivity index (χ4n) is 3.48. The van der Waals surface area contributed by atoms with Crippen LogP contribution in [0.5, 0.6) is 0 Å². The van der Waals surface area contributed by atoms with Gasteiger partial charge >= 0.3 is 6.18 Å². The summed E-state index contributed by atoms with van der Waals surface area (Å²) in [7, 11) is 0. The first-order valence-electron chi connectivity index (χ1n) is 9.26. The van der Waals surface area contributed by atoms with Crippen molar-refractivity contribution in [2.24, 2.45) is 0 Å². The van der Waals surface area contributed by atoms with E-state index in [9.17, 15) is 13.2 Å². The van der Waals surface area contributed by atoms with Gasteiger partial charge in [0.2, 0.25) is 0 Å². The first kappa shape index (κ1) is 19.0. The third kappa shape index (κ3) is 4.09. The fraction of sp³-hybridized carbons (Fsp3) is 0.125. The Balaban J connectivity index is 1.69. The van der Waals surface area contributed by atoms with Crippen molar-refractivity contribution < 1.29 is 13.2 Å². The number of rotatable bonds is 4. The molecule has 0 saturated heterocycles. The summed E-state index contributed by atoms with van der Waals surface area (Å²) in [5.41, 5.74) is 4.08. The number of hydrogen-bond donors (Lipinski definition) is 1. The van der Waals surface area contributed by atoms with E-state index < -0.39 is 11.7 Å². The van der Waals surface area contributed by atoms with E-state index in [1.807, 2.05) is 43.3 Å². The second-order valence-electron chi connectivity index (χ2n) is 6.98. The first-order valence-corrected chi connectivity index (χ1v) is 9.26. The normalized spacial score (nSPS) is 11.6. The molecule has 0 bridgehead atoms. The largest absolute Gasteiger partial charge is 0.418 e. The molecule has 0 fully saturated rings. The number of hydrogen-bond acceptors (Lipinski definition) is 2. The highest BCUT2D eigenvalue weighted by Gasteiger charge is 2.33. The number of nitrogens with one attached hydrogen (secondary N) is 1. The number of alkyl halides is 3. The summed E-state index contributed by atoms with van der Waals surface area (Å²) in [6.45, 7) is 2.72. The summed E-state index contributed by atoms with van der Waals surface area (Å²) >= 11 is 0. The van der Waals surface area contributed by atoms with Crippen molar-refractivity contribution in [3.63, 3.8) is 0 Å². The lowest BCUT2D eigenvalue weighted by Crippen LogP contribution is -2.06. The van der Waals surface area contributed by atoms with Crippen molar-refractivity contribution in [1.82, 2.24) is 4.98 Å². The van der Waals surface area contributed by atoms with Gasteiger partial charge in [0.25, 0.3) is 0 Å². The van der Waals surface area contributed by atoms with E-state index in [1.165, 1.54) is 23.4 Å². The van der Waals surface area contributed by atoms with Crippen molar-refractivity contribution in [3.8, 4) is 11.1 Å². The van der Waals surface area contributed by atoms with Crippen molar-refractivity contribution in [1.29, 1.82) is 0 Å². The van der Waals surface area contributed by atoms with E-state index in [0.717, 1.165) is 22.9 Å². The lowest BCUT2D eigenvalue weighted by molar-refractivity contribution is -0.136. The van der Waals surface area contributed by atoms with Gasteiger partial charge in [-0.15, -0.1) is 0 Å². The van der Waals surface area contributed by atoms with Crippen molar-refractivity contribution in [3.05, 3.63) is 95.7 Å². The first-order chi connectivity index (χ1) is 13.9. The zero-order valence-electron chi connectivity index (χ0n) is 15.8. The highest BCUT2D eigenvalue weighted by molar-refractivity contribution is 5.96. The van der Waals surface area contributed by atoms with Crippen LogP contribution in [0.1, 0.15) is 16.7 Å². The zero-order valence-corrected chi connectivity index (χ0v) is 15.8. The number of pyridine rings is 1. The minimum atomic E-state index is -4.44. The van der Waals surface area contributed by atoms with Gasteiger partial charge in [-0.1, -0.05) is 54.1 Å². The molecule has 29 heavy (non-hydrogen) atoms. The molecule has 0 aliphatic carbocycles. The van der Waals surface area contributed by atoms with Crippen LogP contribution >= 0.6 is 0 Å². The Morgan fingerprint density at radius 2 is 1.69 bits per heavy atom. The Morgan fingerprint density at radius 3 is 2.48 bits per heavy atom. The molecule has 4 rings (SSSR count). The number of halogens is 3. The molecule has 0 unspecified atom stereocenters. The smallest absolute Gasteiger partial charge is 0.381 e. The Morgan fingerprint density at radius 1 is 0.897 bits per heavy atom. The molecule has 5 heteroatoms. The molecule has 1 aromatic heterocycles. The molecular weight excluding hydrogens is 373 g/mol. The summed E-state index contributed by atoms with van der Waals surface area (Å²) in [6.07, 6.45) is -3.01. The van der Waals surface area contributed by atoms with Crippen molar-refractivity contribution in [2.75, 3.05) is 5.32 Å². The molecule has 3 aromatic carbocycles. The van der Waals surface area contributed by atoms with Gasteiger partial charge in [0, 0.05) is 23.8 Å². The third-order valence-corrected chi connectivity index (χ3v) is 4.83. The molecular formula is C24H19F3N2. The van der Waals surface area contributed by atoms with Crippen LogP contribution < -0.4 is 5.32 Å². The van der Waals surface area contributed by atoms with Crippen LogP contribution in [0.25, 0.3) is 22.0 Å². The van der Waals surface area contributed by atoms with Gasteiger partial charge in [0.15, 0.2) is 0 Å². The maximum Gasteiger partial charge on any atom is 0.418 e. The van der Waals surface area contributed by atoms with Gasteiger partial charge in [0.1, 0.15) is 0 Å². The molecule has 0 atom stereocenters. The molecule has 0 spiro atoms. The number of fused-ring (bicyclic) bond motifs is 1. The molecule has 0 aliphatic heterocycles. The second-order valence-corrected chi connectivity index (χ2v) is 6.98. The van der Waals surface area contributed by atoms with Gasteiger partial charge in [-0.3, -0.25) is 4.98 Å². The minimum Gasteiger partial charge on any atom is -0.381 e. The molecule has 0 saturated carbocycles. The Labute approximate surface area is 167 Å². The molecule has 1 N–H and O–H groups in total. The van der Waals surface area contributed by atoms with Crippen molar-refractivity contribution in [2.45, 2.75) is 19.6 Å². The van der Waals surface area contributed by atoms with E-state index in [1.54, 1.807) is 12.1 Å². The summed E-state index contributed by atoms with van der Waals surface area (Å²) in [6, 6.07) is 21.9. The van der Waals surface area contributed by atoms with E-state index in [2.05, 4.69) is 22.4 Å². The SMILES string of the molecule is Cc1cccc(CNc2cccc(-c3ccnc4c(C(F)(F)F)cccc34)c2)c1. The molecule has 146 valence electrons. The average molecular weight is 392 g/mol. The second kappa shape index (κ2) is 7.59. The maximum atomic E-state index is 13.4. The van der Waals surface area contributed by atoms with E-state index in [0.29, 0.717) is 11.9 Å². The highest BCUT2D eigenvalue weighted by Crippen LogP contribution is 2.37. The predicted molar refractivity (Wildman–Crippen MR) is 111 cm³/mol. The Hall–Kier alpha value is -3.34. The number of aryl methyl sites for hydroxylation is 1. The Bertz CT molecular complexity index is 1170. The van der Waals surface area contributed by atoms with Crippen LogP contribution in [0.3, 0.4) is 0 Å². The average Bonchev–Trinajstić information content (AvgIpc) is 2.71. The molecule has 4 aromatic rings.